The molecule has 0 aromatic heterocycles. The topological polar surface area (TPSA) is 84.9 Å². The smallest absolute Gasteiger partial charge is 0.294 e. The van der Waals surface area contributed by atoms with E-state index in [1.54, 1.807) is 18.2 Å². The van der Waals surface area contributed by atoms with Crippen LogP contribution in [0.1, 0.15) is 37.0 Å². The van der Waals surface area contributed by atoms with Crippen LogP contribution in [0.2, 0.25) is 0 Å². The molecule has 1 aliphatic rings. The van der Waals surface area contributed by atoms with E-state index in [4.69, 9.17) is 9.47 Å². The van der Waals surface area contributed by atoms with Crippen LogP contribution in [0.4, 0.5) is 10.5 Å². The summed E-state index contributed by atoms with van der Waals surface area (Å²) in [6.07, 6.45) is 2.47. The lowest BCUT2D eigenvalue weighted by Crippen LogP contribution is -2.36. The molecule has 0 radical (unpaired) electrons. The molecule has 1 fully saturated rings. The second kappa shape index (κ2) is 11.6. The van der Waals surface area contributed by atoms with Crippen LogP contribution >= 0.6 is 27.7 Å². The van der Waals surface area contributed by atoms with Crippen molar-refractivity contribution in [3.8, 4) is 11.5 Å². The van der Waals surface area contributed by atoms with Gasteiger partial charge in [0, 0.05) is 5.69 Å². The minimum Gasteiger partial charge on any atom is -0.490 e. The zero-order valence-corrected chi connectivity index (χ0v) is 22.0. The maximum atomic E-state index is 12.9. The summed E-state index contributed by atoms with van der Waals surface area (Å²) < 4.78 is 12.2. The molecule has 9 heteroatoms. The number of amides is 3. The number of carbonyl (C=O) groups is 3. The summed E-state index contributed by atoms with van der Waals surface area (Å²) in [5, 5.41) is 2.30. The highest BCUT2D eigenvalue weighted by Crippen LogP contribution is 2.39. The van der Waals surface area contributed by atoms with Crippen molar-refractivity contribution < 1.29 is 23.9 Å². The fraction of sp³-hybridized carbons (Fsp3) is 0.320. The molecule has 0 bridgehead atoms. The Morgan fingerprint density at radius 3 is 2.62 bits per heavy atom. The number of nitrogens with one attached hydrogen (secondary N) is 1. The average molecular weight is 547 g/mol. The van der Waals surface area contributed by atoms with Crippen molar-refractivity contribution in [2.75, 3.05) is 25.1 Å². The number of anilines is 1. The number of hydrogen-bond acceptors (Lipinski definition) is 6. The zero-order chi connectivity index (χ0) is 24.8. The van der Waals surface area contributed by atoms with Gasteiger partial charge in [0.2, 0.25) is 5.91 Å². The van der Waals surface area contributed by atoms with Gasteiger partial charge in [0.05, 0.1) is 22.6 Å². The first-order valence-corrected chi connectivity index (χ1v) is 12.6. The number of ether oxygens (including phenoxy) is 2. The van der Waals surface area contributed by atoms with Crippen LogP contribution < -0.4 is 14.8 Å². The Labute approximate surface area is 212 Å². The van der Waals surface area contributed by atoms with Crippen LogP contribution in [0.15, 0.2) is 39.7 Å². The standard InChI is InChI=1S/C25H27BrN2O5S/c1-5-9-33-23-18(26)11-17(12-20(23)32-6-2)13-21-24(30)28(25(31)34-21)14-22(29)27-19-10-15(3)7-8-16(19)4/h7-8,10-13H,5-6,9,14H2,1-4H3,(H,27,29)/b21-13-. The summed E-state index contributed by atoms with van der Waals surface area (Å²) >= 11 is 4.31. The van der Waals surface area contributed by atoms with Crippen molar-refractivity contribution in [1.29, 1.82) is 0 Å². The first-order valence-electron chi connectivity index (χ1n) is 10.9. The maximum absolute atomic E-state index is 12.9. The van der Waals surface area contributed by atoms with E-state index >= 15 is 0 Å². The van der Waals surface area contributed by atoms with Gasteiger partial charge in [-0.15, -0.1) is 0 Å². The normalized spacial score (nSPS) is 14.6. The van der Waals surface area contributed by atoms with Gasteiger partial charge in [-0.1, -0.05) is 19.1 Å². The van der Waals surface area contributed by atoms with E-state index in [0.29, 0.717) is 40.4 Å². The first kappa shape index (κ1) is 25.8. The Bertz CT molecular complexity index is 1150. The Balaban J connectivity index is 1.77. The van der Waals surface area contributed by atoms with E-state index in [1.165, 1.54) is 0 Å². The molecule has 0 unspecified atom stereocenters. The van der Waals surface area contributed by atoms with E-state index in [9.17, 15) is 14.4 Å². The Kier molecular flexibility index (Phi) is 8.79. The van der Waals surface area contributed by atoms with E-state index in [-0.39, 0.29) is 11.4 Å². The second-order valence-electron chi connectivity index (χ2n) is 7.75. The largest absolute Gasteiger partial charge is 0.490 e. The summed E-state index contributed by atoms with van der Waals surface area (Å²) in [6, 6.07) is 9.27. The highest BCUT2D eigenvalue weighted by molar-refractivity contribution is 9.10. The fourth-order valence-corrected chi connectivity index (χ4v) is 4.68. The van der Waals surface area contributed by atoms with Crippen LogP contribution in [0.25, 0.3) is 6.08 Å². The number of carbonyl (C=O) groups excluding carboxylic acids is 3. The fourth-order valence-electron chi connectivity index (χ4n) is 3.27. The molecule has 180 valence electrons. The third-order valence-corrected chi connectivity index (χ3v) is 6.42. The van der Waals surface area contributed by atoms with Crippen molar-refractivity contribution in [2.45, 2.75) is 34.1 Å². The molecule has 3 rings (SSSR count). The molecular formula is C25H27BrN2O5S. The second-order valence-corrected chi connectivity index (χ2v) is 9.59. The SMILES string of the molecule is CCCOc1c(Br)cc(/C=C2\SC(=O)N(CC(=O)Nc3cc(C)ccc3C)C2=O)cc1OCC. The number of thioether (sulfide) groups is 1. The van der Waals surface area contributed by atoms with Crippen LogP contribution in [-0.4, -0.2) is 41.7 Å². The third-order valence-electron chi connectivity index (χ3n) is 4.92. The summed E-state index contributed by atoms with van der Waals surface area (Å²) in [5.74, 6) is 0.198. The van der Waals surface area contributed by atoms with Gasteiger partial charge in [-0.2, -0.15) is 0 Å². The molecule has 1 aliphatic heterocycles. The van der Waals surface area contributed by atoms with Crippen LogP contribution in [0.3, 0.4) is 0 Å². The minimum absolute atomic E-state index is 0.237. The van der Waals surface area contributed by atoms with E-state index in [0.717, 1.165) is 34.2 Å². The van der Waals surface area contributed by atoms with Gasteiger partial charge < -0.3 is 14.8 Å². The highest BCUT2D eigenvalue weighted by Gasteiger charge is 2.36. The summed E-state index contributed by atoms with van der Waals surface area (Å²) in [7, 11) is 0. The van der Waals surface area contributed by atoms with Gasteiger partial charge in [-0.25, -0.2) is 0 Å². The number of nitrogens with zero attached hydrogens (tertiary/aromatic N) is 1. The molecule has 1 saturated heterocycles. The van der Waals surface area contributed by atoms with Crippen molar-refractivity contribution in [1.82, 2.24) is 4.90 Å². The number of hydrogen-bond donors (Lipinski definition) is 1. The maximum Gasteiger partial charge on any atom is 0.294 e. The van der Waals surface area contributed by atoms with Crippen LogP contribution in [0, 0.1) is 13.8 Å². The number of halogens is 1. The molecule has 0 aliphatic carbocycles. The number of aryl methyl sites for hydroxylation is 2. The average Bonchev–Trinajstić information content (AvgIpc) is 3.03. The predicted octanol–water partition coefficient (Wildman–Crippen LogP) is 5.93. The highest BCUT2D eigenvalue weighted by atomic mass is 79.9. The summed E-state index contributed by atoms with van der Waals surface area (Å²) in [4.78, 5) is 39.1. The van der Waals surface area contributed by atoms with Gasteiger partial charge in [-0.05, 0) is 95.8 Å². The van der Waals surface area contributed by atoms with E-state index < -0.39 is 17.1 Å². The number of imide groups is 1. The lowest BCUT2D eigenvalue weighted by Gasteiger charge is -2.14. The summed E-state index contributed by atoms with van der Waals surface area (Å²) in [5.41, 5.74) is 3.23. The molecule has 1 N–H and O–H groups in total. The molecular weight excluding hydrogens is 520 g/mol. The van der Waals surface area contributed by atoms with Crippen molar-refractivity contribution in [3.63, 3.8) is 0 Å². The molecule has 1 heterocycles. The molecule has 7 nitrogen and oxygen atoms in total. The van der Waals surface area contributed by atoms with Crippen molar-refractivity contribution in [2.24, 2.45) is 0 Å². The van der Waals surface area contributed by atoms with Gasteiger partial charge in [0.25, 0.3) is 11.1 Å². The van der Waals surface area contributed by atoms with Gasteiger partial charge in [0.1, 0.15) is 6.54 Å². The summed E-state index contributed by atoms with van der Waals surface area (Å²) in [6.45, 7) is 8.33. The van der Waals surface area contributed by atoms with Crippen molar-refractivity contribution in [3.05, 3.63) is 56.4 Å². The molecule has 3 amide bonds. The quantitative estimate of drug-likeness (QED) is 0.392. The van der Waals surface area contributed by atoms with Crippen LogP contribution in [0.5, 0.6) is 11.5 Å². The number of rotatable bonds is 9. The Morgan fingerprint density at radius 2 is 1.91 bits per heavy atom. The minimum atomic E-state index is -0.508. The Hall–Kier alpha value is -2.78. The molecule has 34 heavy (non-hydrogen) atoms. The molecule has 0 saturated carbocycles. The van der Waals surface area contributed by atoms with E-state index in [2.05, 4.69) is 21.2 Å². The Morgan fingerprint density at radius 1 is 1.15 bits per heavy atom. The van der Waals surface area contributed by atoms with Crippen LogP contribution in [-0.2, 0) is 9.59 Å². The van der Waals surface area contributed by atoms with Gasteiger partial charge >= 0.3 is 0 Å². The molecule has 2 aromatic carbocycles. The van der Waals surface area contributed by atoms with Crippen molar-refractivity contribution >= 4 is 56.5 Å². The lowest BCUT2D eigenvalue weighted by atomic mass is 10.1. The predicted molar refractivity (Wildman–Crippen MR) is 138 cm³/mol. The van der Waals surface area contributed by atoms with E-state index in [1.807, 2.05) is 45.9 Å². The molecule has 0 spiro atoms. The monoisotopic (exact) mass is 546 g/mol. The third kappa shape index (κ3) is 6.21. The molecule has 0 atom stereocenters. The van der Waals surface area contributed by atoms with Gasteiger partial charge in [-0.3, -0.25) is 19.3 Å². The number of benzene rings is 2. The first-order chi connectivity index (χ1) is 16.2. The lowest BCUT2D eigenvalue weighted by molar-refractivity contribution is -0.127. The zero-order valence-electron chi connectivity index (χ0n) is 19.6. The molecule has 2 aromatic rings. The van der Waals surface area contributed by atoms with Gasteiger partial charge in [0.15, 0.2) is 11.5 Å².